The van der Waals surface area contributed by atoms with E-state index in [9.17, 15) is 4.79 Å². The van der Waals surface area contributed by atoms with Crippen LogP contribution in [-0.2, 0) is 9.63 Å². The van der Waals surface area contributed by atoms with Gasteiger partial charge in [0, 0.05) is 20.7 Å². The van der Waals surface area contributed by atoms with Gasteiger partial charge in [-0.1, -0.05) is 44.8 Å². The standard InChI is InChI=1S/C16H15BrClN3O2/c1-10(16(22)20-14-7-5-12(17)6-8-14)23-21-15(19)11-3-2-4-13(18)9-11/h2-10H,1H3,(H2,19,21)(H,20,22). The van der Waals surface area contributed by atoms with Crippen LogP contribution in [0.25, 0.3) is 0 Å². The SMILES string of the molecule is CC(O/N=C(/N)c1cccc(Cl)c1)C(=O)Nc1ccc(Br)cc1. The van der Waals surface area contributed by atoms with Crippen molar-refractivity contribution >= 4 is 45.0 Å². The number of benzene rings is 2. The lowest BCUT2D eigenvalue weighted by Gasteiger charge is -2.11. The minimum Gasteiger partial charge on any atom is -0.381 e. The maximum atomic E-state index is 12.0. The largest absolute Gasteiger partial charge is 0.381 e. The number of nitrogens with two attached hydrogens (primary N) is 1. The number of nitrogens with one attached hydrogen (secondary N) is 1. The Hall–Kier alpha value is -2.05. The molecular formula is C16H15BrClN3O2. The van der Waals surface area contributed by atoms with Crippen molar-refractivity contribution in [1.29, 1.82) is 0 Å². The first kappa shape index (κ1) is 17.3. The van der Waals surface area contributed by atoms with Crippen molar-refractivity contribution in [3.8, 4) is 0 Å². The van der Waals surface area contributed by atoms with E-state index in [1.165, 1.54) is 0 Å². The normalized spacial score (nSPS) is 12.6. The number of carbonyl (C=O) groups is 1. The van der Waals surface area contributed by atoms with E-state index in [0.29, 0.717) is 16.3 Å². The molecule has 0 aromatic heterocycles. The lowest BCUT2D eigenvalue weighted by Crippen LogP contribution is -2.27. The molecule has 2 aromatic rings. The Morgan fingerprint density at radius 1 is 1.30 bits per heavy atom. The van der Waals surface area contributed by atoms with Gasteiger partial charge < -0.3 is 15.9 Å². The van der Waals surface area contributed by atoms with Crippen molar-refractivity contribution in [2.24, 2.45) is 10.9 Å². The molecule has 2 rings (SSSR count). The summed E-state index contributed by atoms with van der Waals surface area (Å²) < 4.78 is 0.929. The van der Waals surface area contributed by atoms with Crippen molar-refractivity contribution in [3.05, 3.63) is 63.6 Å². The lowest BCUT2D eigenvalue weighted by atomic mass is 10.2. The van der Waals surface area contributed by atoms with Gasteiger partial charge in [-0.25, -0.2) is 0 Å². The van der Waals surface area contributed by atoms with Crippen molar-refractivity contribution in [2.45, 2.75) is 13.0 Å². The summed E-state index contributed by atoms with van der Waals surface area (Å²) in [5.74, 6) is -0.175. The van der Waals surface area contributed by atoms with E-state index < -0.39 is 6.10 Å². The Bertz CT molecular complexity index is 720. The first-order chi connectivity index (χ1) is 11.0. The van der Waals surface area contributed by atoms with E-state index in [1.54, 1.807) is 43.3 Å². The van der Waals surface area contributed by atoms with Gasteiger partial charge in [0.15, 0.2) is 5.84 Å². The molecule has 1 amide bonds. The van der Waals surface area contributed by atoms with E-state index in [-0.39, 0.29) is 11.7 Å². The van der Waals surface area contributed by atoms with Gasteiger partial charge in [0.05, 0.1) is 0 Å². The van der Waals surface area contributed by atoms with E-state index in [1.807, 2.05) is 12.1 Å². The third kappa shape index (κ3) is 5.26. The highest BCUT2D eigenvalue weighted by Crippen LogP contribution is 2.15. The zero-order valence-corrected chi connectivity index (χ0v) is 14.6. The predicted molar refractivity (Wildman–Crippen MR) is 95.5 cm³/mol. The molecule has 0 saturated carbocycles. The fourth-order valence-corrected chi connectivity index (χ4v) is 2.12. The van der Waals surface area contributed by atoms with E-state index in [2.05, 4.69) is 26.4 Å². The summed E-state index contributed by atoms with van der Waals surface area (Å²) in [6.45, 7) is 1.59. The highest BCUT2D eigenvalue weighted by Gasteiger charge is 2.14. The molecule has 120 valence electrons. The fraction of sp³-hybridized carbons (Fsp3) is 0.125. The van der Waals surface area contributed by atoms with Crippen molar-refractivity contribution in [1.82, 2.24) is 0 Å². The summed E-state index contributed by atoms with van der Waals surface area (Å²) in [6.07, 6.45) is -0.795. The summed E-state index contributed by atoms with van der Waals surface area (Å²) in [7, 11) is 0. The first-order valence-electron chi connectivity index (χ1n) is 6.77. The average molecular weight is 397 g/mol. The molecule has 7 heteroatoms. The molecule has 2 aromatic carbocycles. The number of amides is 1. The summed E-state index contributed by atoms with van der Waals surface area (Å²) in [5.41, 5.74) is 7.10. The van der Waals surface area contributed by atoms with Crippen LogP contribution in [0.15, 0.2) is 58.2 Å². The van der Waals surface area contributed by atoms with Crippen molar-refractivity contribution in [3.63, 3.8) is 0 Å². The van der Waals surface area contributed by atoms with Gasteiger partial charge in [0.1, 0.15) is 0 Å². The van der Waals surface area contributed by atoms with Gasteiger partial charge in [-0.3, -0.25) is 4.79 Å². The molecule has 0 heterocycles. The third-order valence-corrected chi connectivity index (χ3v) is 3.67. The number of nitrogens with zero attached hydrogens (tertiary/aromatic N) is 1. The Kier molecular flexibility index (Phi) is 6.01. The first-order valence-corrected chi connectivity index (χ1v) is 7.94. The molecule has 0 saturated heterocycles. The van der Waals surface area contributed by atoms with Crippen LogP contribution in [0.4, 0.5) is 5.69 Å². The van der Waals surface area contributed by atoms with Crippen LogP contribution in [0.3, 0.4) is 0 Å². The third-order valence-electron chi connectivity index (χ3n) is 2.91. The van der Waals surface area contributed by atoms with E-state index >= 15 is 0 Å². The van der Waals surface area contributed by atoms with E-state index in [4.69, 9.17) is 22.2 Å². The minimum absolute atomic E-state index is 0.149. The molecule has 0 spiro atoms. The van der Waals surface area contributed by atoms with Crippen LogP contribution in [0.2, 0.25) is 5.02 Å². The smallest absolute Gasteiger partial charge is 0.267 e. The second-order valence-corrected chi connectivity index (χ2v) is 6.08. The Morgan fingerprint density at radius 2 is 2.00 bits per heavy atom. The number of rotatable bonds is 5. The van der Waals surface area contributed by atoms with Gasteiger partial charge in [0.25, 0.3) is 5.91 Å². The summed E-state index contributed by atoms with van der Waals surface area (Å²) in [6, 6.07) is 14.1. The summed E-state index contributed by atoms with van der Waals surface area (Å²) in [5, 5.41) is 7.05. The zero-order chi connectivity index (χ0) is 16.8. The molecule has 5 nitrogen and oxygen atoms in total. The van der Waals surface area contributed by atoms with Crippen LogP contribution < -0.4 is 11.1 Å². The fourth-order valence-electron chi connectivity index (χ4n) is 1.66. The molecule has 1 atom stereocenters. The highest BCUT2D eigenvalue weighted by atomic mass is 79.9. The Balaban J connectivity index is 1.95. The number of amidine groups is 1. The zero-order valence-electron chi connectivity index (χ0n) is 12.3. The topological polar surface area (TPSA) is 76.7 Å². The molecule has 0 bridgehead atoms. The van der Waals surface area contributed by atoms with Gasteiger partial charge >= 0.3 is 0 Å². The number of hydrogen-bond donors (Lipinski definition) is 2. The second kappa shape index (κ2) is 7.99. The molecule has 0 radical (unpaired) electrons. The van der Waals surface area contributed by atoms with Crippen LogP contribution in [0, 0.1) is 0 Å². The maximum absolute atomic E-state index is 12.0. The predicted octanol–water partition coefficient (Wildman–Crippen LogP) is 3.77. The van der Waals surface area contributed by atoms with Crippen molar-refractivity contribution in [2.75, 3.05) is 5.32 Å². The second-order valence-electron chi connectivity index (χ2n) is 4.73. The van der Waals surface area contributed by atoms with Gasteiger partial charge in [-0.15, -0.1) is 0 Å². The van der Waals surface area contributed by atoms with Gasteiger partial charge in [-0.05, 0) is 43.3 Å². The molecule has 1 unspecified atom stereocenters. The summed E-state index contributed by atoms with van der Waals surface area (Å²) in [4.78, 5) is 17.2. The maximum Gasteiger partial charge on any atom is 0.267 e. The van der Waals surface area contributed by atoms with Crippen LogP contribution in [0.1, 0.15) is 12.5 Å². The molecule has 0 aliphatic rings. The lowest BCUT2D eigenvalue weighted by molar-refractivity contribution is -0.126. The molecule has 3 N–H and O–H groups in total. The molecule has 0 fully saturated rings. The van der Waals surface area contributed by atoms with Crippen LogP contribution in [-0.4, -0.2) is 17.8 Å². The molecule has 0 aliphatic carbocycles. The number of carbonyl (C=O) groups excluding carboxylic acids is 1. The quantitative estimate of drug-likeness (QED) is 0.459. The summed E-state index contributed by atoms with van der Waals surface area (Å²) >= 11 is 9.21. The van der Waals surface area contributed by atoms with Gasteiger partial charge in [0.2, 0.25) is 6.10 Å². The van der Waals surface area contributed by atoms with Crippen molar-refractivity contribution < 1.29 is 9.63 Å². The van der Waals surface area contributed by atoms with Gasteiger partial charge in [-0.2, -0.15) is 0 Å². The van der Waals surface area contributed by atoms with Crippen LogP contribution >= 0.6 is 27.5 Å². The number of hydrogen-bond acceptors (Lipinski definition) is 3. The number of anilines is 1. The highest BCUT2D eigenvalue weighted by molar-refractivity contribution is 9.10. The average Bonchev–Trinajstić information content (AvgIpc) is 2.54. The minimum atomic E-state index is -0.795. The Morgan fingerprint density at radius 3 is 2.65 bits per heavy atom. The van der Waals surface area contributed by atoms with Crippen LogP contribution in [0.5, 0.6) is 0 Å². The molecule has 0 aliphatic heterocycles. The monoisotopic (exact) mass is 395 g/mol. The molecular weight excluding hydrogens is 382 g/mol. The molecule has 23 heavy (non-hydrogen) atoms. The number of halogens is 2. The Labute approximate surface area is 147 Å². The van der Waals surface area contributed by atoms with E-state index in [0.717, 1.165) is 4.47 Å². The number of oxime groups is 1.